The molecule has 24 heavy (non-hydrogen) atoms. The van der Waals surface area contributed by atoms with Crippen molar-refractivity contribution >= 4 is 10.4 Å². The fraction of sp³-hybridized carbons (Fsp3) is 0.647. The van der Waals surface area contributed by atoms with Gasteiger partial charge in [0, 0.05) is 0 Å². The van der Waals surface area contributed by atoms with Crippen molar-refractivity contribution in [3.05, 3.63) is 29.8 Å². The molecule has 0 saturated carbocycles. The lowest BCUT2D eigenvalue weighted by Gasteiger charge is -2.11. The molecule has 1 aromatic rings. The van der Waals surface area contributed by atoms with E-state index in [1.165, 1.54) is 38.5 Å². The number of rotatable bonds is 14. The van der Waals surface area contributed by atoms with E-state index in [1.54, 1.807) is 0 Å². The van der Waals surface area contributed by atoms with Crippen LogP contribution >= 0.6 is 0 Å². The van der Waals surface area contributed by atoms with E-state index in [0.29, 0.717) is 0 Å². The van der Waals surface area contributed by atoms with Crippen LogP contribution in [0.4, 0.5) is 0 Å². The zero-order valence-corrected chi connectivity index (χ0v) is 15.2. The summed E-state index contributed by atoms with van der Waals surface area (Å²) < 4.78 is 35.6. The summed E-state index contributed by atoms with van der Waals surface area (Å²) in [6, 6.07) is 7.79. The number of aryl methyl sites for hydroxylation is 1. The average molecular weight is 359 g/mol. The van der Waals surface area contributed by atoms with Gasteiger partial charge in [0.05, 0.1) is 0 Å². The van der Waals surface area contributed by atoms with Crippen LogP contribution in [0.3, 0.4) is 0 Å². The zero-order chi connectivity index (χ0) is 17.7. The molecule has 2 N–H and O–H groups in total. The van der Waals surface area contributed by atoms with E-state index in [1.807, 2.05) is 24.3 Å². The Morgan fingerprint density at radius 1 is 0.958 bits per heavy atom. The molecular weight excluding hydrogens is 330 g/mol. The Balaban J connectivity index is 2.29. The fourth-order valence-electron chi connectivity index (χ4n) is 2.44. The topological polar surface area (TPSA) is 87.8 Å². The fourth-order valence-corrected chi connectivity index (χ4v) is 2.77. The minimum absolute atomic E-state index is 0.108. The van der Waals surface area contributed by atoms with E-state index in [2.05, 4.69) is 21.3 Å². The summed E-state index contributed by atoms with van der Waals surface area (Å²) in [7, 11) is -4.11. The van der Waals surface area contributed by atoms with E-state index in [0.717, 1.165) is 24.2 Å². The molecule has 0 aromatic heterocycles. The molecule has 0 aliphatic carbocycles. The van der Waals surface area contributed by atoms with Crippen LogP contribution in [0.2, 0.25) is 0 Å². The van der Waals surface area contributed by atoms with Crippen molar-refractivity contribution in [2.75, 3.05) is 13.2 Å². The molecule has 0 saturated heterocycles. The summed E-state index contributed by atoms with van der Waals surface area (Å²) >= 11 is 0. The molecule has 0 spiro atoms. The lowest BCUT2D eigenvalue weighted by Crippen LogP contribution is -2.18. The van der Waals surface area contributed by atoms with Gasteiger partial charge in [0.2, 0.25) is 0 Å². The smallest absolute Gasteiger partial charge is 0.416 e. The van der Waals surface area contributed by atoms with Gasteiger partial charge in [-0.1, -0.05) is 63.6 Å². The Labute approximate surface area is 145 Å². The monoisotopic (exact) mass is 359 g/mol. The van der Waals surface area contributed by atoms with Crippen molar-refractivity contribution in [3.8, 4) is 5.75 Å². The molecule has 0 aliphatic rings. The van der Waals surface area contributed by atoms with Gasteiger partial charge in [-0.2, -0.15) is 18.6 Å². The maximum atomic E-state index is 10.9. The maximum absolute atomic E-state index is 10.9. The van der Waals surface area contributed by atoms with Crippen LogP contribution < -0.4 is 10.6 Å². The maximum Gasteiger partial charge on any atom is 0.416 e. The number of ether oxygens (including phenoxy) is 1. The van der Waals surface area contributed by atoms with Crippen molar-refractivity contribution in [3.63, 3.8) is 0 Å². The molecule has 1 rings (SSSR count). The molecule has 6 nitrogen and oxygen atoms in total. The summed E-state index contributed by atoms with van der Waals surface area (Å²) in [5.74, 6) is 5.34. The summed E-state index contributed by atoms with van der Waals surface area (Å²) in [6.45, 7) is 2.18. The van der Waals surface area contributed by atoms with Crippen LogP contribution in [0.5, 0.6) is 5.75 Å². The second-order valence-corrected chi connectivity index (χ2v) is 6.90. The largest absolute Gasteiger partial charge is 0.491 e. The predicted octanol–water partition coefficient (Wildman–Crippen LogP) is 3.51. The third-order valence-electron chi connectivity index (χ3n) is 3.71. The van der Waals surface area contributed by atoms with E-state index in [-0.39, 0.29) is 13.2 Å². The quantitative estimate of drug-likeness (QED) is 0.404. The Morgan fingerprint density at radius 3 is 2.33 bits per heavy atom. The second-order valence-electron chi connectivity index (χ2n) is 5.65. The highest BCUT2D eigenvalue weighted by Gasteiger charge is 2.10. The van der Waals surface area contributed by atoms with E-state index >= 15 is 0 Å². The predicted molar refractivity (Wildman–Crippen MR) is 93.8 cm³/mol. The molecule has 0 heterocycles. The first-order chi connectivity index (χ1) is 11.6. The van der Waals surface area contributed by atoms with Crippen LogP contribution in [0, 0.1) is 0 Å². The lowest BCUT2D eigenvalue weighted by atomic mass is 10.0. The van der Waals surface area contributed by atoms with Gasteiger partial charge in [-0.25, -0.2) is 4.18 Å². The molecule has 0 unspecified atom stereocenters. The first kappa shape index (κ1) is 20.9. The zero-order valence-electron chi connectivity index (χ0n) is 14.4. The first-order valence-electron chi connectivity index (χ1n) is 8.57. The van der Waals surface area contributed by atoms with Gasteiger partial charge in [-0.15, -0.1) is 0 Å². The second kappa shape index (κ2) is 12.2. The SMILES string of the molecule is CCCCCCCCCc1ccccc1OCCOS(=O)(=O)ON. The minimum atomic E-state index is -4.11. The molecule has 0 amide bonds. The third-order valence-corrected chi connectivity index (χ3v) is 4.40. The van der Waals surface area contributed by atoms with E-state index in [4.69, 9.17) is 4.74 Å². The van der Waals surface area contributed by atoms with Gasteiger partial charge in [0.25, 0.3) is 0 Å². The first-order valence-corrected chi connectivity index (χ1v) is 9.91. The lowest BCUT2D eigenvalue weighted by molar-refractivity contribution is 0.179. The van der Waals surface area contributed by atoms with Gasteiger partial charge in [-0.3, -0.25) is 0 Å². The third kappa shape index (κ3) is 9.22. The molecule has 0 radical (unpaired) electrons. The van der Waals surface area contributed by atoms with Gasteiger partial charge in [0.1, 0.15) is 19.0 Å². The molecule has 138 valence electrons. The molecular formula is C17H29NO5S. The highest BCUT2D eigenvalue weighted by atomic mass is 32.3. The Hall–Kier alpha value is -1.15. The van der Waals surface area contributed by atoms with Crippen molar-refractivity contribution in [2.24, 2.45) is 5.90 Å². The molecule has 0 aliphatic heterocycles. The van der Waals surface area contributed by atoms with Gasteiger partial charge in [-0.05, 0) is 24.5 Å². The van der Waals surface area contributed by atoms with Crippen molar-refractivity contribution in [2.45, 2.75) is 58.3 Å². The van der Waals surface area contributed by atoms with Gasteiger partial charge in [0.15, 0.2) is 0 Å². The van der Waals surface area contributed by atoms with Crippen LogP contribution in [0.15, 0.2) is 24.3 Å². The van der Waals surface area contributed by atoms with Crippen LogP contribution in [-0.4, -0.2) is 21.6 Å². The van der Waals surface area contributed by atoms with Crippen LogP contribution in [0.1, 0.15) is 57.4 Å². The number of hydrogen-bond donors (Lipinski definition) is 1. The standard InChI is InChI=1S/C17H29NO5S/c1-2-3-4-5-6-7-8-11-16-12-9-10-13-17(16)21-14-15-22-24(19,20)23-18/h9-10,12-13H,2-8,11,14-15,18H2,1H3. The molecule has 7 heteroatoms. The number of hydrogen-bond acceptors (Lipinski definition) is 6. The van der Waals surface area contributed by atoms with Crippen LogP contribution in [0.25, 0.3) is 0 Å². The highest BCUT2D eigenvalue weighted by molar-refractivity contribution is 7.81. The molecule has 0 atom stereocenters. The normalized spacial score (nSPS) is 11.6. The Bertz CT molecular complexity index is 548. The summed E-state index contributed by atoms with van der Waals surface area (Å²) in [5.41, 5.74) is 1.13. The van der Waals surface area contributed by atoms with Crippen LogP contribution in [-0.2, 0) is 25.3 Å². The van der Waals surface area contributed by atoms with Crippen molar-refractivity contribution < 1.29 is 21.6 Å². The molecule has 1 aromatic carbocycles. The van der Waals surface area contributed by atoms with Gasteiger partial charge >= 0.3 is 10.4 Å². The number of para-hydroxylation sites is 1. The summed E-state index contributed by atoms with van der Waals surface area (Å²) in [4.78, 5) is 0. The summed E-state index contributed by atoms with van der Waals surface area (Å²) in [6.07, 6.45) is 9.79. The van der Waals surface area contributed by atoms with Gasteiger partial charge < -0.3 is 4.74 Å². The Kier molecular flexibility index (Phi) is 10.7. The van der Waals surface area contributed by atoms with Crippen molar-refractivity contribution in [1.82, 2.24) is 0 Å². The minimum Gasteiger partial charge on any atom is -0.491 e. The number of unbranched alkanes of at least 4 members (excludes halogenated alkanes) is 6. The average Bonchev–Trinajstić information content (AvgIpc) is 2.59. The van der Waals surface area contributed by atoms with Crippen molar-refractivity contribution in [1.29, 1.82) is 0 Å². The number of nitrogens with two attached hydrogens (primary N) is 1. The highest BCUT2D eigenvalue weighted by Crippen LogP contribution is 2.21. The summed E-state index contributed by atoms with van der Waals surface area (Å²) in [5, 5.41) is 0. The van der Waals surface area contributed by atoms with E-state index in [9.17, 15) is 8.42 Å². The molecule has 0 bridgehead atoms. The molecule has 0 fully saturated rings. The Morgan fingerprint density at radius 2 is 1.62 bits per heavy atom. The number of benzene rings is 1. The van der Waals surface area contributed by atoms with E-state index < -0.39 is 10.4 Å².